The molecule has 1 aliphatic rings. The molecule has 2 aromatic rings. The Kier molecular flexibility index (Phi) is 5.04. The average Bonchev–Trinajstić information content (AvgIpc) is 3.08. The first kappa shape index (κ1) is 17.0. The van der Waals surface area contributed by atoms with Gasteiger partial charge < -0.3 is 20.1 Å². The summed E-state index contributed by atoms with van der Waals surface area (Å²) in [5.41, 5.74) is 1.26. The zero-order valence-electron chi connectivity index (χ0n) is 13.3. The number of carbonyl (C=O) groups is 2. The summed E-state index contributed by atoms with van der Waals surface area (Å²) in [6, 6.07) is 12.3. The largest absolute Gasteiger partial charge is 0.454 e. The lowest BCUT2D eigenvalue weighted by atomic mass is 10.1. The Morgan fingerprint density at radius 1 is 1.12 bits per heavy atom. The van der Waals surface area contributed by atoms with E-state index in [1.807, 2.05) is 6.07 Å². The third-order valence-electron chi connectivity index (χ3n) is 3.55. The lowest BCUT2D eigenvalue weighted by Gasteiger charge is -2.10. The number of nitrogens with one attached hydrogen (secondary N) is 2. The zero-order chi connectivity index (χ0) is 17.8. The molecule has 0 aliphatic carbocycles. The Labute approximate surface area is 153 Å². The number of likely N-dealkylation sites (N-methyl/N-ethyl adjacent to an activating group) is 1. The quantitative estimate of drug-likeness (QED) is 0.770. The van der Waals surface area contributed by atoms with Crippen LogP contribution >= 0.6 is 15.9 Å². The molecule has 6 nitrogen and oxygen atoms in total. The number of rotatable bonds is 4. The topological polar surface area (TPSA) is 76.7 Å². The highest BCUT2D eigenvalue weighted by Crippen LogP contribution is 2.33. The molecule has 1 aliphatic heterocycles. The second-order valence-electron chi connectivity index (χ2n) is 5.18. The molecule has 3 rings (SSSR count). The molecule has 7 heteroatoms. The van der Waals surface area contributed by atoms with Gasteiger partial charge >= 0.3 is 0 Å². The van der Waals surface area contributed by atoms with E-state index in [0.717, 1.165) is 0 Å². The van der Waals surface area contributed by atoms with Crippen molar-refractivity contribution < 1.29 is 19.1 Å². The first-order valence-corrected chi connectivity index (χ1v) is 8.27. The molecule has 0 bridgehead atoms. The summed E-state index contributed by atoms with van der Waals surface area (Å²) in [5.74, 6) is 0.458. The number of amides is 2. The zero-order valence-corrected chi connectivity index (χ0v) is 14.9. The van der Waals surface area contributed by atoms with Gasteiger partial charge in [0.25, 0.3) is 11.8 Å². The molecule has 0 fully saturated rings. The summed E-state index contributed by atoms with van der Waals surface area (Å²) in [7, 11) is 1.50. The van der Waals surface area contributed by atoms with Crippen LogP contribution in [-0.2, 0) is 4.79 Å². The fourth-order valence-electron chi connectivity index (χ4n) is 2.30. The molecule has 2 amide bonds. The fourth-order valence-corrected chi connectivity index (χ4v) is 2.76. The number of ether oxygens (including phenoxy) is 2. The second kappa shape index (κ2) is 7.40. The molecular weight excluding hydrogens is 388 g/mol. The van der Waals surface area contributed by atoms with E-state index >= 15 is 0 Å². The van der Waals surface area contributed by atoms with E-state index in [1.54, 1.807) is 42.5 Å². The van der Waals surface area contributed by atoms with Gasteiger partial charge in [-0.1, -0.05) is 18.2 Å². The van der Waals surface area contributed by atoms with Crippen molar-refractivity contribution in [2.75, 3.05) is 13.8 Å². The van der Waals surface area contributed by atoms with E-state index in [9.17, 15) is 9.59 Å². The maximum Gasteiger partial charge on any atom is 0.267 e. The molecule has 128 valence electrons. The van der Waals surface area contributed by atoms with Crippen LogP contribution in [0.1, 0.15) is 15.9 Å². The molecule has 1 heterocycles. The molecule has 2 N–H and O–H groups in total. The number of carbonyl (C=O) groups excluding carboxylic acids is 2. The van der Waals surface area contributed by atoms with Crippen LogP contribution in [0.4, 0.5) is 0 Å². The van der Waals surface area contributed by atoms with Gasteiger partial charge in [0.1, 0.15) is 5.70 Å². The van der Waals surface area contributed by atoms with Gasteiger partial charge in [-0.3, -0.25) is 9.59 Å². The maximum absolute atomic E-state index is 12.5. The van der Waals surface area contributed by atoms with E-state index in [2.05, 4.69) is 26.6 Å². The van der Waals surface area contributed by atoms with Crippen molar-refractivity contribution in [3.8, 4) is 11.5 Å². The lowest BCUT2D eigenvalue weighted by Crippen LogP contribution is -2.33. The van der Waals surface area contributed by atoms with Gasteiger partial charge in [0.2, 0.25) is 6.79 Å². The Bertz CT molecular complexity index is 864. The summed E-state index contributed by atoms with van der Waals surface area (Å²) in [6.07, 6.45) is 1.58. The van der Waals surface area contributed by atoms with Crippen molar-refractivity contribution in [1.82, 2.24) is 10.6 Å². The first-order valence-electron chi connectivity index (χ1n) is 7.48. The summed E-state index contributed by atoms with van der Waals surface area (Å²) in [4.78, 5) is 24.6. The molecule has 2 aromatic carbocycles. The van der Waals surface area contributed by atoms with E-state index in [4.69, 9.17) is 9.47 Å². The third kappa shape index (κ3) is 3.83. The second-order valence-corrected chi connectivity index (χ2v) is 6.04. The average molecular weight is 403 g/mol. The normalized spacial score (nSPS) is 12.6. The highest BCUT2D eigenvalue weighted by atomic mass is 79.9. The van der Waals surface area contributed by atoms with E-state index in [0.29, 0.717) is 27.1 Å². The van der Waals surface area contributed by atoms with Crippen LogP contribution in [0.25, 0.3) is 6.08 Å². The van der Waals surface area contributed by atoms with Crippen LogP contribution in [-0.4, -0.2) is 25.7 Å². The van der Waals surface area contributed by atoms with E-state index < -0.39 is 5.91 Å². The molecule has 0 saturated carbocycles. The highest BCUT2D eigenvalue weighted by Gasteiger charge is 2.17. The minimum atomic E-state index is -0.405. The molecule has 0 aromatic heterocycles. The number of benzene rings is 2. The predicted octanol–water partition coefficient (Wildman–Crippen LogP) is 2.69. The number of halogens is 1. The maximum atomic E-state index is 12.5. The minimum Gasteiger partial charge on any atom is -0.454 e. The van der Waals surface area contributed by atoms with Gasteiger partial charge in [-0.15, -0.1) is 0 Å². The monoisotopic (exact) mass is 402 g/mol. The van der Waals surface area contributed by atoms with Crippen LogP contribution in [0, 0.1) is 0 Å². The van der Waals surface area contributed by atoms with Crippen molar-refractivity contribution in [2.24, 2.45) is 0 Å². The van der Waals surface area contributed by atoms with Crippen LogP contribution in [0.2, 0.25) is 0 Å². The Morgan fingerprint density at radius 3 is 2.64 bits per heavy atom. The molecule has 0 unspecified atom stereocenters. The fraction of sp³-hybridized carbons (Fsp3) is 0.111. The summed E-state index contributed by atoms with van der Waals surface area (Å²) >= 11 is 3.33. The van der Waals surface area contributed by atoms with Gasteiger partial charge in [0.15, 0.2) is 11.5 Å². The van der Waals surface area contributed by atoms with Crippen molar-refractivity contribution in [2.45, 2.75) is 0 Å². The molecule has 0 atom stereocenters. The van der Waals surface area contributed by atoms with Crippen LogP contribution in [0.3, 0.4) is 0 Å². The third-order valence-corrected chi connectivity index (χ3v) is 4.24. The van der Waals surface area contributed by atoms with Gasteiger partial charge in [-0.25, -0.2) is 0 Å². The molecule has 0 spiro atoms. The van der Waals surface area contributed by atoms with Crippen LogP contribution in [0.15, 0.2) is 52.6 Å². The van der Waals surface area contributed by atoms with Crippen molar-refractivity contribution in [1.29, 1.82) is 0 Å². The smallest absolute Gasteiger partial charge is 0.267 e. The number of fused-ring (bicyclic) bond motifs is 1. The van der Waals surface area contributed by atoms with Crippen LogP contribution in [0.5, 0.6) is 11.5 Å². The minimum absolute atomic E-state index is 0.127. The number of hydrogen-bond donors (Lipinski definition) is 2. The van der Waals surface area contributed by atoms with Crippen molar-refractivity contribution >= 4 is 33.8 Å². The summed E-state index contributed by atoms with van der Waals surface area (Å²) < 4.78 is 11.2. The van der Waals surface area contributed by atoms with Crippen LogP contribution < -0.4 is 20.1 Å². The number of hydrogen-bond acceptors (Lipinski definition) is 4. The summed E-state index contributed by atoms with van der Waals surface area (Å²) in [6.45, 7) is 0.170. The Morgan fingerprint density at radius 2 is 1.88 bits per heavy atom. The highest BCUT2D eigenvalue weighted by molar-refractivity contribution is 9.10. The molecule has 0 saturated heterocycles. The predicted molar refractivity (Wildman–Crippen MR) is 96.2 cm³/mol. The lowest BCUT2D eigenvalue weighted by molar-refractivity contribution is -0.117. The van der Waals surface area contributed by atoms with Gasteiger partial charge in [-0.05, 0) is 51.8 Å². The van der Waals surface area contributed by atoms with Gasteiger partial charge in [-0.2, -0.15) is 0 Å². The summed E-state index contributed by atoms with van der Waals surface area (Å²) in [5, 5.41) is 5.17. The van der Waals surface area contributed by atoms with Crippen molar-refractivity contribution in [3.05, 3.63) is 63.8 Å². The first-order chi connectivity index (χ1) is 12.1. The molecule has 0 radical (unpaired) electrons. The Hall–Kier alpha value is -2.80. The van der Waals surface area contributed by atoms with Gasteiger partial charge in [0.05, 0.1) is 5.56 Å². The Balaban J connectivity index is 1.88. The van der Waals surface area contributed by atoms with E-state index in [1.165, 1.54) is 7.05 Å². The van der Waals surface area contributed by atoms with E-state index in [-0.39, 0.29) is 18.4 Å². The van der Waals surface area contributed by atoms with Gasteiger partial charge in [0, 0.05) is 11.5 Å². The molecule has 25 heavy (non-hydrogen) atoms. The SMILES string of the molecule is CNC(=O)/C(=C/c1ccc2c(c1)OCO2)NC(=O)c1ccccc1Br. The standard InChI is InChI=1S/C18H15BrN2O4/c1-20-18(23)14(21-17(22)12-4-2-3-5-13(12)19)8-11-6-7-15-16(9-11)25-10-24-15/h2-9H,10H2,1H3,(H,20,23)(H,21,22)/b14-8-. The molecular formula is C18H15BrN2O4. The van der Waals surface area contributed by atoms with Crippen molar-refractivity contribution in [3.63, 3.8) is 0 Å².